The van der Waals surface area contributed by atoms with Crippen molar-refractivity contribution in [1.82, 2.24) is 5.32 Å². The van der Waals surface area contributed by atoms with E-state index < -0.39 is 100 Å². The zero-order valence-corrected chi connectivity index (χ0v) is 29.6. The van der Waals surface area contributed by atoms with Crippen LogP contribution in [0.25, 0.3) is 0 Å². The second-order valence-corrected chi connectivity index (χ2v) is 13.4. The minimum atomic E-state index is -2.03. The van der Waals surface area contributed by atoms with Gasteiger partial charge in [-0.1, -0.05) is 45.9 Å². The number of benzene rings is 1. The molecule has 1 amide bonds. The van der Waals surface area contributed by atoms with Crippen LogP contribution in [0.5, 0.6) is 11.5 Å². The van der Waals surface area contributed by atoms with Crippen molar-refractivity contribution in [1.29, 1.82) is 0 Å². The Hall–Kier alpha value is -4.59. The van der Waals surface area contributed by atoms with Crippen LogP contribution in [0.2, 0.25) is 0 Å². The first-order chi connectivity index (χ1) is 23.4. The lowest BCUT2D eigenvalue weighted by atomic mass is 9.78. The molecule has 50 heavy (non-hydrogen) atoms. The van der Waals surface area contributed by atoms with Crippen LogP contribution in [0.15, 0.2) is 47.9 Å². The molecule has 1 aromatic carbocycles. The molecule has 13 nitrogen and oxygen atoms in total. The van der Waals surface area contributed by atoms with E-state index in [1.807, 2.05) is 0 Å². The van der Waals surface area contributed by atoms with Crippen LogP contribution in [-0.2, 0) is 23.8 Å². The van der Waals surface area contributed by atoms with Crippen LogP contribution in [0.3, 0.4) is 0 Å². The molecule has 0 aromatic heterocycles. The fraction of sp³-hybridized carbons (Fsp3) is 0.486. The van der Waals surface area contributed by atoms with Crippen LogP contribution < -0.4 is 10.1 Å². The van der Waals surface area contributed by atoms with Crippen molar-refractivity contribution in [3.05, 3.63) is 70.2 Å². The van der Waals surface area contributed by atoms with Crippen LogP contribution in [-0.4, -0.2) is 81.9 Å². The molecule has 4 aliphatic rings. The molecule has 5 bridgehead atoms. The number of carbonyl (C=O) groups is 5. The smallest absolute Gasteiger partial charge is 0.312 e. The first-order valence-corrected chi connectivity index (χ1v) is 16.4. The molecule has 9 atom stereocenters. The maximum atomic E-state index is 13.9. The van der Waals surface area contributed by atoms with Crippen LogP contribution in [0.1, 0.15) is 85.1 Å². The first-order valence-electron chi connectivity index (χ1n) is 16.4. The van der Waals surface area contributed by atoms with Gasteiger partial charge >= 0.3 is 11.8 Å². The minimum absolute atomic E-state index is 0.00885. The predicted molar refractivity (Wildman–Crippen MR) is 179 cm³/mol. The van der Waals surface area contributed by atoms with Crippen molar-refractivity contribution >= 4 is 29.2 Å². The summed E-state index contributed by atoms with van der Waals surface area (Å²) in [5, 5.41) is 36.1. The molecule has 0 unspecified atom stereocenters. The SMILES string of the molecule is CO[C@H]1C=CO[C@@]2(C)Oc3c(C)c(O)c4c(c3C2=O)C(=O)C=C(NC(=O)C(C)=CC=C[C@H](C)[C@H](O)[C@@H](C)[C@@H](O)[C@@H](C)[C@H](OC(C)=O)[C@@H]1C)C4=O. The summed E-state index contributed by atoms with van der Waals surface area (Å²) in [4.78, 5) is 66.2. The molecule has 0 radical (unpaired) electrons. The largest absolute Gasteiger partial charge is 0.507 e. The maximum absolute atomic E-state index is 13.9. The molecule has 1 aromatic rings. The number of phenolic OH excluding ortho intramolecular Hbond substituents is 1. The molecule has 0 spiro atoms. The number of fused-ring (bicyclic) bond motifs is 14. The Morgan fingerprint density at radius 3 is 2.22 bits per heavy atom. The Balaban J connectivity index is 1.83. The van der Waals surface area contributed by atoms with E-state index in [1.54, 1.807) is 39.8 Å². The van der Waals surface area contributed by atoms with E-state index in [2.05, 4.69) is 5.32 Å². The summed E-state index contributed by atoms with van der Waals surface area (Å²) in [6.45, 7) is 12.3. The summed E-state index contributed by atoms with van der Waals surface area (Å²) in [6, 6.07) is 0. The van der Waals surface area contributed by atoms with Gasteiger partial charge in [0.25, 0.3) is 11.7 Å². The van der Waals surface area contributed by atoms with E-state index in [4.69, 9.17) is 18.9 Å². The number of Topliss-reactive ketones (excluding diaryl/α,β-unsaturated/α-hetero) is 2. The molecule has 0 saturated heterocycles. The topological polar surface area (TPSA) is 195 Å². The molecular formula is C37H45NO12. The fourth-order valence-electron chi connectivity index (χ4n) is 6.62. The summed E-state index contributed by atoms with van der Waals surface area (Å²) in [5.41, 5.74) is -1.31. The Bertz CT molecular complexity index is 1720. The lowest BCUT2D eigenvalue weighted by Gasteiger charge is -2.38. The third-order valence-corrected chi connectivity index (χ3v) is 9.80. The number of aliphatic hydroxyl groups excluding tert-OH is 2. The highest BCUT2D eigenvalue weighted by molar-refractivity contribution is 6.30. The van der Waals surface area contributed by atoms with Gasteiger partial charge in [-0.2, -0.15) is 0 Å². The number of carbonyl (C=O) groups excluding carboxylic acids is 5. The van der Waals surface area contributed by atoms with Crippen LogP contribution >= 0.6 is 0 Å². The van der Waals surface area contributed by atoms with Crippen molar-refractivity contribution in [3.63, 3.8) is 0 Å². The molecule has 3 aliphatic heterocycles. The van der Waals surface area contributed by atoms with Gasteiger partial charge in [0.05, 0.1) is 47.0 Å². The first kappa shape index (κ1) is 38.2. The van der Waals surface area contributed by atoms with Gasteiger partial charge in [-0.05, 0) is 19.9 Å². The summed E-state index contributed by atoms with van der Waals surface area (Å²) >= 11 is 0. The number of hydrogen-bond acceptors (Lipinski definition) is 12. The normalized spacial score (nSPS) is 32.1. The van der Waals surface area contributed by atoms with Crippen molar-refractivity contribution in [3.8, 4) is 11.5 Å². The average Bonchev–Trinajstić information content (AvgIpc) is 3.33. The Kier molecular flexibility index (Phi) is 11.2. The number of amides is 1. The van der Waals surface area contributed by atoms with Gasteiger partial charge in [-0.25, -0.2) is 0 Å². The number of ether oxygens (including phenoxy) is 4. The van der Waals surface area contributed by atoms with Crippen molar-refractivity contribution < 1.29 is 58.2 Å². The molecule has 3 heterocycles. The van der Waals surface area contributed by atoms with E-state index in [9.17, 15) is 39.3 Å². The number of phenols is 1. The number of methoxy groups -OCH3 is 1. The Morgan fingerprint density at radius 2 is 1.60 bits per heavy atom. The summed E-state index contributed by atoms with van der Waals surface area (Å²) in [5.74, 6) is -8.99. The second-order valence-electron chi connectivity index (χ2n) is 13.4. The zero-order chi connectivity index (χ0) is 37.4. The van der Waals surface area contributed by atoms with Crippen LogP contribution in [0.4, 0.5) is 0 Å². The molecule has 13 heteroatoms. The molecule has 5 rings (SSSR count). The van der Waals surface area contributed by atoms with E-state index in [0.29, 0.717) is 0 Å². The standard InChI is InChI=1S/C37H45NO12/c1-16-11-10-12-17(2)36(46)38-23-15-24(40)26-27(32(23)44)31(43)21(6)34-28(26)35(45)37(8,50-34)48-14-13-25(47-9)18(3)33(49-22(7)39)20(5)30(42)19(4)29(16)41/h10-16,18-20,25,29-30,33,41-43H,1-9H3,(H,38,46)/t16-,18+,19+,20+,25-,29-,30+,33+,37-/m0/s1. The lowest BCUT2D eigenvalue weighted by molar-refractivity contribution is -0.160. The Morgan fingerprint density at radius 1 is 0.940 bits per heavy atom. The lowest BCUT2D eigenvalue weighted by Crippen LogP contribution is -2.46. The number of esters is 1. The summed E-state index contributed by atoms with van der Waals surface area (Å²) < 4.78 is 23.1. The molecule has 1 aliphatic carbocycles. The third kappa shape index (κ3) is 7.03. The van der Waals surface area contributed by atoms with E-state index in [1.165, 1.54) is 47.0 Å². The highest BCUT2D eigenvalue weighted by Crippen LogP contribution is 2.47. The second kappa shape index (κ2) is 14.7. The van der Waals surface area contributed by atoms with E-state index in [0.717, 1.165) is 12.3 Å². The van der Waals surface area contributed by atoms with Gasteiger partial charge in [0.1, 0.15) is 17.6 Å². The molecule has 4 N–H and O–H groups in total. The Labute approximate surface area is 290 Å². The number of rotatable bonds is 2. The monoisotopic (exact) mass is 695 g/mol. The van der Waals surface area contributed by atoms with Crippen molar-refractivity contribution in [2.75, 3.05) is 7.11 Å². The molecule has 270 valence electrons. The fourth-order valence-corrected chi connectivity index (χ4v) is 6.62. The maximum Gasteiger partial charge on any atom is 0.312 e. The van der Waals surface area contributed by atoms with E-state index in [-0.39, 0.29) is 28.0 Å². The molecule has 0 saturated carbocycles. The summed E-state index contributed by atoms with van der Waals surface area (Å²) in [6.07, 6.45) is 4.31. The highest BCUT2D eigenvalue weighted by atomic mass is 16.7. The zero-order valence-electron chi connectivity index (χ0n) is 29.6. The van der Waals surface area contributed by atoms with Crippen molar-refractivity contribution in [2.45, 2.75) is 85.6 Å². The number of hydrogen-bond donors (Lipinski definition) is 4. The number of allylic oxidation sites excluding steroid dienone is 4. The summed E-state index contributed by atoms with van der Waals surface area (Å²) in [7, 11) is 1.42. The average molecular weight is 696 g/mol. The minimum Gasteiger partial charge on any atom is -0.507 e. The molecular weight excluding hydrogens is 650 g/mol. The number of aliphatic hydroxyl groups is 2. The predicted octanol–water partition coefficient (Wildman–Crippen LogP) is 3.63. The van der Waals surface area contributed by atoms with Gasteiger partial charge in [0.15, 0.2) is 5.78 Å². The van der Waals surface area contributed by atoms with Gasteiger partial charge in [0.2, 0.25) is 5.78 Å². The van der Waals surface area contributed by atoms with E-state index >= 15 is 0 Å². The van der Waals surface area contributed by atoms with Crippen molar-refractivity contribution in [2.24, 2.45) is 23.7 Å². The number of ketones is 3. The number of nitrogens with one attached hydrogen (secondary N) is 1. The van der Waals surface area contributed by atoms with Gasteiger partial charge < -0.3 is 39.6 Å². The van der Waals surface area contributed by atoms with Gasteiger partial charge in [-0.15, -0.1) is 0 Å². The molecule has 0 fully saturated rings. The quantitative estimate of drug-likeness (QED) is 0.329. The highest BCUT2D eigenvalue weighted by Gasteiger charge is 2.51. The van der Waals surface area contributed by atoms with Crippen LogP contribution in [0, 0.1) is 30.6 Å². The number of aromatic hydroxyl groups is 1. The van der Waals surface area contributed by atoms with Gasteiger partial charge in [-0.3, -0.25) is 24.0 Å². The third-order valence-electron chi connectivity index (χ3n) is 9.80. The van der Waals surface area contributed by atoms with Gasteiger partial charge in [0, 0.05) is 61.8 Å².